The minimum absolute atomic E-state index is 0.0591. The van der Waals surface area contributed by atoms with Gasteiger partial charge in [0, 0.05) is 37.0 Å². The number of aryl methyl sites for hydroxylation is 1. The molecule has 51 heavy (non-hydrogen) atoms. The lowest BCUT2D eigenvalue weighted by molar-refractivity contribution is -0.124. The molecule has 3 aromatic rings. The van der Waals surface area contributed by atoms with Gasteiger partial charge in [0.25, 0.3) is 0 Å². The van der Waals surface area contributed by atoms with Crippen molar-refractivity contribution in [3.8, 4) is 16.9 Å². The quantitative estimate of drug-likeness (QED) is 0.179. The molecule has 4 fully saturated rings. The summed E-state index contributed by atoms with van der Waals surface area (Å²) in [5.41, 5.74) is 4.83. The second-order valence-electron chi connectivity index (χ2n) is 16.3. The molecule has 7 rings (SSSR count). The maximum Gasteiger partial charge on any atom is 0.407 e. The number of nitrogens with zero attached hydrogens (tertiary/aromatic N) is 4. The van der Waals surface area contributed by atoms with E-state index in [2.05, 4.69) is 70.4 Å². The number of alkyl carbamates (subject to hydrolysis) is 1. The average Bonchev–Trinajstić information content (AvgIpc) is 3.67. The monoisotopic (exact) mass is 697 g/mol. The Labute approximate surface area is 304 Å². The van der Waals surface area contributed by atoms with Gasteiger partial charge in [0.15, 0.2) is 0 Å². The van der Waals surface area contributed by atoms with Crippen molar-refractivity contribution in [1.29, 1.82) is 0 Å². The molecule has 0 radical (unpaired) electrons. The number of fused-ring (bicyclic) bond motifs is 3. The summed E-state index contributed by atoms with van der Waals surface area (Å²) in [4.78, 5) is 33.9. The molecular weight excluding hydrogens is 638 g/mol. The van der Waals surface area contributed by atoms with E-state index in [1.807, 2.05) is 28.0 Å². The Balaban J connectivity index is 1.22. The minimum Gasteiger partial charge on any atom is -0.496 e. The maximum atomic E-state index is 14.7. The van der Waals surface area contributed by atoms with Gasteiger partial charge in [-0.2, -0.15) is 5.10 Å². The van der Waals surface area contributed by atoms with E-state index in [1.54, 1.807) is 7.11 Å². The van der Waals surface area contributed by atoms with Crippen LogP contribution < -0.4 is 15.0 Å². The number of hydrogen-bond acceptors (Lipinski definition) is 6. The second kappa shape index (κ2) is 15.4. The third-order valence-corrected chi connectivity index (χ3v) is 12.7. The van der Waals surface area contributed by atoms with Gasteiger partial charge < -0.3 is 14.8 Å². The van der Waals surface area contributed by atoms with Crippen LogP contribution in [-0.2, 0) is 20.5 Å². The van der Waals surface area contributed by atoms with E-state index in [9.17, 15) is 9.59 Å². The minimum atomic E-state index is -0.346. The summed E-state index contributed by atoms with van der Waals surface area (Å²) in [7, 11) is 1.74. The third-order valence-electron chi connectivity index (χ3n) is 12.7. The van der Waals surface area contributed by atoms with Crippen LogP contribution in [0, 0.1) is 18.3 Å². The van der Waals surface area contributed by atoms with Gasteiger partial charge in [-0.1, -0.05) is 32.4 Å². The van der Waals surface area contributed by atoms with Crippen LogP contribution in [0.4, 0.5) is 10.6 Å². The summed E-state index contributed by atoms with van der Waals surface area (Å²) >= 11 is 0. The summed E-state index contributed by atoms with van der Waals surface area (Å²) < 4.78 is 13.3. The number of methoxy groups -OCH3 is 1. The molecule has 0 aliphatic heterocycles. The van der Waals surface area contributed by atoms with Crippen LogP contribution in [0.3, 0.4) is 0 Å². The van der Waals surface area contributed by atoms with Crippen molar-refractivity contribution < 1.29 is 19.1 Å². The fourth-order valence-corrected chi connectivity index (χ4v) is 8.67. The maximum absolute atomic E-state index is 14.7. The number of anilines is 1. The molecule has 1 aromatic carbocycles. The highest BCUT2D eigenvalue weighted by molar-refractivity contribution is 5.95. The largest absolute Gasteiger partial charge is 0.496 e. The third kappa shape index (κ3) is 7.97. The first kappa shape index (κ1) is 36.9. The van der Waals surface area contributed by atoms with Gasteiger partial charge in [0.1, 0.15) is 17.7 Å². The van der Waals surface area contributed by atoms with Crippen LogP contribution in [0.1, 0.15) is 122 Å². The number of ether oxygens (including phenoxy) is 2. The number of amides is 2. The van der Waals surface area contributed by atoms with Gasteiger partial charge in [-0.3, -0.25) is 14.4 Å². The van der Waals surface area contributed by atoms with E-state index in [0.717, 1.165) is 80.5 Å². The molecule has 4 aliphatic rings. The van der Waals surface area contributed by atoms with Gasteiger partial charge in [0.2, 0.25) is 5.91 Å². The van der Waals surface area contributed by atoms with E-state index in [-0.39, 0.29) is 40.4 Å². The van der Waals surface area contributed by atoms with Crippen molar-refractivity contribution in [2.75, 3.05) is 25.1 Å². The summed E-state index contributed by atoms with van der Waals surface area (Å²) in [6, 6.07) is 10.8. The lowest BCUT2D eigenvalue weighted by Gasteiger charge is -2.55. The molecule has 2 aromatic heterocycles. The number of hydrogen-bond donors (Lipinski definition) is 1. The van der Waals surface area contributed by atoms with Crippen LogP contribution in [0.15, 0.2) is 48.9 Å². The zero-order valence-corrected chi connectivity index (χ0v) is 31.8. The molecule has 9 nitrogen and oxygen atoms in total. The molecule has 0 saturated heterocycles. The van der Waals surface area contributed by atoms with Crippen molar-refractivity contribution in [3.05, 3.63) is 60.0 Å². The number of carbonyl (C=O) groups is 2. The highest BCUT2D eigenvalue weighted by Gasteiger charge is 2.51. The fraction of sp³-hybridized carbons (Fsp3) is 0.619. The Bertz CT molecular complexity index is 1650. The lowest BCUT2D eigenvalue weighted by atomic mass is 9.51. The van der Waals surface area contributed by atoms with Crippen molar-refractivity contribution in [3.63, 3.8) is 0 Å². The molecule has 0 spiro atoms. The van der Waals surface area contributed by atoms with Crippen LogP contribution in [0.25, 0.3) is 11.1 Å². The molecule has 1 N–H and O–H groups in total. The number of nitrogens with one attached hydrogen (secondary N) is 1. The summed E-state index contributed by atoms with van der Waals surface area (Å²) in [5.74, 6) is 1.68. The van der Waals surface area contributed by atoms with Gasteiger partial charge >= 0.3 is 6.09 Å². The first-order valence-corrected chi connectivity index (χ1v) is 19.4. The smallest absolute Gasteiger partial charge is 0.407 e. The predicted octanol–water partition coefficient (Wildman–Crippen LogP) is 9.12. The Morgan fingerprint density at radius 3 is 2.37 bits per heavy atom. The molecule has 2 bridgehead atoms. The van der Waals surface area contributed by atoms with E-state index in [4.69, 9.17) is 19.6 Å². The van der Waals surface area contributed by atoms with Gasteiger partial charge in [-0.05, 0) is 144 Å². The highest BCUT2D eigenvalue weighted by atomic mass is 16.6. The zero-order chi connectivity index (χ0) is 36.2. The van der Waals surface area contributed by atoms with Gasteiger partial charge in [0.05, 0.1) is 18.8 Å². The summed E-state index contributed by atoms with van der Waals surface area (Å²) in [5, 5.41) is 7.57. The molecule has 9 heteroatoms. The Morgan fingerprint density at radius 1 is 1.00 bits per heavy atom. The van der Waals surface area contributed by atoms with Crippen molar-refractivity contribution in [2.45, 2.75) is 135 Å². The normalized spacial score (nSPS) is 24.6. The zero-order valence-electron chi connectivity index (χ0n) is 31.8. The van der Waals surface area contributed by atoms with Crippen LogP contribution >= 0.6 is 0 Å². The van der Waals surface area contributed by atoms with E-state index >= 15 is 0 Å². The molecule has 276 valence electrons. The number of rotatable bonds is 13. The molecular formula is C42H59N5O4. The Hall–Kier alpha value is -3.88. The van der Waals surface area contributed by atoms with E-state index in [0.29, 0.717) is 38.8 Å². The number of benzene rings is 1. The SMILES string of the molecule is CCCCNC(=O)OC1CCC(C(=O)N(CC23CCC(c4ccc(OC)c(C)c4)(CC2)CC3)c2cc(-c3cnn(C(C)(C)CC)c3)ccn2)CC1. The first-order valence-electron chi connectivity index (χ1n) is 19.4. The Morgan fingerprint density at radius 2 is 1.73 bits per heavy atom. The number of aromatic nitrogens is 3. The standard InChI is InChI=1S/C42H59N5O4/c1-7-9-23-44-39(49)51-35-13-10-31(11-14-35)38(48)46(37-26-32(16-24-43-37)33-27-45-47(28-33)40(4,5)8-2)29-41-17-20-42(21-18-41,22-19-41)34-12-15-36(50-6)30(3)25-34/h12,15-16,24-28,31,35H,7-11,13-14,17-23,29H2,1-6H3,(H,44,49). The molecule has 2 amide bonds. The Kier molecular flexibility index (Phi) is 11.1. The highest BCUT2D eigenvalue weighted by Crippen LogP contribution is 2.58. The van der Waals surface area contributed by atoms with Crippen molar-refractivity contribution >= 4 is 17.8 Å². The van der Waals surface area contributed by atoms with Crippen LogP contribution in [0.5, 0.6) is 5.75 Å². The predicted molar refractivity (Wildman–Crippen MR) is 202 cm³/mol. The average molecular weight is 698 g/mol. The lowest BCUT2D eigenvalue weighted by Crippen LogP contribution is -2.52. The van der Waals surface area contributed by atoms with Crippen LogP contribution in [0.2, 0.25) is 0 Å². The van der Waals surface area contributed by atoms with Crippen molar-refractivity contribution in [2.24, 2.45) is 11.3 Å². The molecule has 0 atom stereocenters. The van der Waals surface area contributed by atoms with E-state index < -0.39 is 0 Å². The van der Waals surface area contributed by atoms with Crippen molar-refractivity contribution in [1.82, 2.24) is 20.1 Å². The number of pyridine rings is 1. The van der Waals surface area contributed by atoms with Crippen LogP contribution in [-0.4, -0.2) is 53.1 Å². The molecule has 0 unspecified atom stereocenters. The molecule has 2 heterocycles. The first-order chi connectivity index (χ1) is 24.5. The fourth-order valence-electron chi connectivity index (χ4n) is 8.67. The molecule has 4 aliphatic carbocycles. The second-order valence-corrected chi connectivity index (χ2v) is 16.3. The summed E-state index contributed by atoms with van der Waals surface area (Å²) in [6.07, 6.45) is 17.7. The topological polar surface area (TPSA) is 98.6 Å². The number of unbranched alkanes of at least 4 members (excludes halogenated alkanes) is 1. The summed E-state index contributed by atoms with van der Waals surface area (Å²) in [6.45, 7) is 12.1. The molecule has 4 saturated carbocycles. The number of carbonyl (C=O) groups excluding carboxylic acids is 2. The van der Waals surface area contributed by atoms with Gasteiger partial charge in [-0.15, -0.1) is 0 Å². The van der Waals surface area contributed by atoms with E-state index in [1.165, 1.54) is 11.1 Å². The van der Waals surface area contributed by atoms with Gasteiger partial charge in [-0.25, -0.2) is 9.78 Å².